The van der Waals surface area contributed by atoms with Crippen LogP contribution in [-0.4, -0.2) is 15.1 Å². The van der Waals surface area contributed by atoms with Crippen LogP contribution in [0, 0.1) is 0 Å². The highest BCUT2D eigenvalue weighted by Gasteiger charge is 1.97. The number of aromatic nitrogens is 2. The zero-order valence-electron chi connectivity index (χ0n) is 11.1. The minimum absolute atomic E-state index is 0.453. The Morgan fingerprint density at radius 1 is 0.833 bits per heavy atom. The van der Waals surface area contributed by atoms with E-state index in [1.54, 1.807) is 19.2 Å². The van der Waals surface area contributed by atoms with Gasteiger partial charge in [0.1, 0.15) is 0 Å². The fourth-order valence-electron chi connectivity index (χ4n) is 1.34. The molecule has 0 radical (unpaired) electrons. The highest BCUT2D eigenvalue weighted by Crippen LogP contribution is 2.08. The summed E-state index contributed by atoms with van der Waals surface area (Å²) < 4.78 is 0. The molecule has 1 N–H and O–H groups in total. The summed E-state index contributed by atoms with van der Waals surface area (Å²) in [4.78, 5) is 8.11. The summed E-state index contributed by atoms with van der Waals surface area (Å²) in [5.41, 5.74) is 1.88. The van der Waals surface area contributed by atoms with E-state index < -0.39 is 6.10 Å². The molecule has 2 aromatic rings. The average molecular weight is 244 g/mol. The van der Waals surface area contributed by atoms with Gasteiger partial charge in [-0.2, -0.15) is 0 Å². The first kappa shape index (κ1) is 14.3. The second kappa shape index (κ2) is 7.56. The highest BCUT2D eigenvalue weighted by atomic mass is 16.3. The third kappa shape index (κ3) is 5.06. The van der Waals surface area contributed by atoms with Crippen LogP contribution in [0.3, 0.4) is 0 Å². The largest absolute Gasteiger partial charge is 0.387 e. The van der Waals surface area contributed by atoms with Gasteiger partial charge < -0.3 is 5.11 Å². The van der Waals surface area contributed by atoms with Crippen molar-refractivity contribution in [3.63, 3.8) is 0 Å². The lowest BCUT2D eigenvalue weighted by Crippen LogP contribution is -1.92. The van der Waals surface area contributed by atoms with Crippen molar-refractivity contribution in [3.8, 4) is 0 Å². The molecule has 2 heterocycles. The summed E-state index contributed by atoms with van der Waals surface area (Å²) in [5, 5.41) is 8.96. The molecular weight excluding hydrogens is 224 g/mol. The van der Waals surface area contributed by atoms with Crippen molar-refractivity contribution >= 4 is 0 Å². The second-order valence-corrected chi connectivity index (χ2v) is 4.34. The smallest absolute Gasteiger partial charge is 0.0931 e. The van der Waals surface area contributed by atoms with Crippen molar-refractivity contribution in [2.75, 3.05) is 0 Å². The Hall–Kier alpha value is -1.74. The molecule has 0 saturated heterocycles. The summed E-state index contributed by atoms with van der Waals surface area (Å²) in [6, 6.07) is 11.5. The van der Waals surface area contributed by atoms with Crippen molar-refractivity contribution in [1.82, 2.24) is 9.97 Å². The molecule has 0 saturated carbocycles. The molecule has 1 unspecified atom stereocenters. The van der Waals surface area contributed by atoms with Crippen LogP contribution in [0.1, 0.15) is 44.2 Å². The molecule has 2 aromatic heterocycles. The zero-order chi connectivity index (χ0) is 13.4. The van der Waals surface area contributed by atoms with Crippen LogP contribution >= 0.6 is 0 Å². The summed E-state index contributed by atoms with van der Waals surface area (Å²) in [6.07, 6.45) is 3.04. The van der Waals surface area contributed by atoms with Gasteiger partial charge in [0, 0.05) is 18.1 Å². The predicted molar refractivity (Wildman–Crippen MR) is 73.2 cm³/mol. The van der Waals surface area contributed by atoms with Crippen molar-refractivity contribution in [1.29, 1.82) is 0 Å². The molecule has 0 amide bonds. The quantitative estimate of drug-likeness (QED) is 0.881. The van der Waals surface area contributed by atoms with Gasteiger partial charge in [-0.3, -0.25) is 9.97 Å². The van der Waals surface area contributed by atoms with Crippen LogP contribution in [0.25, 0.3) is 0 Å². The molecule has 0 aromatic carbocycles. The first-order chi connectivity index (χ1) is 8.61. The monoisotopic (exact) mass is 244 g/mol. The maximum absolute atomic E-state index is 8.96. The zero-order valence-corrected chi connectivity index (χ0v) is 11.1. The molecule has 1 atom stereocenters. The minimum Gasteiger partial charge on any atom is -0.387 e. The number of aliphatic hydroxyl groups is 1. The third-order valence-corrected chi connectivity index (χ3v) is 2.40. The molecule has 3 heteroatoms. The maximum Gasteiger partial charge on any atom is 0.0931 e. The van der Waals surface area contributed by atoms with E-state index >= 15 is 0 Å². The first-order valence-electron chi connectivity index (χ1n) is 6.11. The summed E-state index contributed by atoms with van der Waals surface area (Å²) in [6.45, 7) is 5.98. The van der Waals surface area contributed by atoms with Crippen molar-refractivity contribution in [2.45, 2.75) is 32.8 Å². The normalized spacial score (nSPS) is 11.6. The van der Waals surface area contributed by atoms with Gasteiger partial charge in [-0.15, -0.1) is 0 Å². The van der Waals surface area contributed by atoms with Crippen molar-refractivity contribution in [2.24, 2.45) is 0 Å². The number of aliphatic hydroxyl groups excluding tert-OH is 1. The second-order valence-electron chi connectivity index (χ2n) is 4.34. The van der Waals surface area contributed by atoms with Crippen LogP contribution < -0.4 is 0 Å². The molecule has 0 bridgehead atoms. The summed E-state index contributed by atoms with van der Waals surface area (Å²) in [7, 11) is 0. The molecule has 0 aliphatic heterocycles. The Labute approximate surface area is 109 Å². The third-order valence-electron chi connectivity index (χ3n) is 2.40. The Bertz CT molecular complexity index is 383. The van der Waals surface area contributed by atoms with Gasteiger partial charge >= 0.3 is 0 Å². The fourth-order valence-corrected chi connectivity index (χ4v) is 1.34. The van der Waals surface area contributed by atoms with E-state index in [2.05, 4.69) is 23.8 Å². The van der Waals surface area contributed by atoms with Gasteiger partial charge in [-0.05, 0) is 37.1 Å². The van der Waals surface area contributed by atoms with Gasteiger partial charge in [0.2, 0.25) is 0 Å². The number of hydrogen-bond acceptors (Lipinski definition) is 3. The SMILES string of the molecule is CC(C)c1ccccn1.CC(O)c1ccccn1. The van der Waals surface area contributed by atoms with Gasteiger partial charge in [-0.25, -0.2) is 0 Å². The van der Waals surface area contributed by atoms with Gasteiger partial charge in [0.25, 0.3) is 0 Å². The molecule has 0 spiro atoms. The molecule has 18 heavy (non-hydrogen) atoms. The molecule has 96 valence electrons. The molecule has 0 aliphatic rings. The number of rotatable bonds is 2. The minimum atomic E-state index is -0.453. The molecular formula is C15H20N2O. The van der Waals surface area contributed by atoms with E-state index in [9.17, 15) is 0 Å². The van der Waals surface area contributed by atoms with E-state index in [1.807, 2.05) is 36.5 Å². The molecule has 3 nitrogen and oxygen atoms in total. The van der Waals surface area contributed by atoms with Crippen LogP contribution in [0.4, 0.5) is 0 Å². The Morgan fingerprint density at radius 3 is 1.56 bits per heavy atom. The number of pyridine rings is 2. The Morgan fingerprint density at radius 2 is 1.33 bits per heavy atom. The fraction of sp³-hybridized carbons (Fsp3) is 0.333. The summed E-state index contributed by atoms with van der Waals surface area (Å²) in [5.74, 6) is 0.547. The number of hydrogen-bond donors (Lipinski definition) is 1. The Kier molecular flexibility index (Phi) is 6.01. The lowest BCUT2D eigenvalue weighted by molar-refractivity contribution is 0.194. The van der Waals surface area contributed by atoms with Crippen LogP contribution in [0.5, 0.6) is 0 Å². The van der Waals surface area contributed by atoms with E-state index in [1.165, 1.54) is 0 Å². The maximum atomic E-state index is 8.96. The van der Waals surface area contributed by atoms with Gasteiger partial charge in [0.15, 0.2) is 0 Å². The highest BCUT2D eigenvalue weighted by molar-refractivity contribution is 5.07. The molecule has 0 aliphatic carbocycles. The lowest BCUT2D eigenvalue weighted by Gasteiger charge is -2.00. The topological polar surface area (TPSA) is 46.0 Å². The Balaban J connectivity index is 0.000000180. The lowest BCUT2D eigenvalue weighted by atomic mass is 10.1. The van der Waals surface area contributed by atoms with Crippen LogP contribution in [0.15, 0.2) is 48.8 Å². The summed E-state index contributed by atoms with van der Waals surface area (Å²) >= 11 is 0. The van der Waals surface area contributed by atoms with Crippen LogP contribution in [-0.2, 0) is 0 Å². The van der Waals surface area contributed by atoms with Crippen molar-refractivity contribution < 1.29 is 5.11 Å². The van der Waals surface area contributed by atoms with E-state index in [4.69, 9.17) is 5.11 Å². The van der Waals surface area contributed by atoms with Gasteiger partial charge in [0.05, 0.1) is 11.8 Å². The van der Waals surface area contributed by atoms with E-state index in [0.29, 0.717) is 5.92 Å². The van der Waals surface area contributed by atoms with Crippen molar-refractivity contribution in [3.05, 3.63) is 60.2 Å². The van der Waals surface area contributed by atoms with E-state index in [0.717, 1.165) is 11.4 Å². The first-order valence-corrected chi connectivity index (χ1v) is 6.11. The number of nitrogens with zero attached hydrogens (tertiary/aromatic N) is 2. The van der Waals surface area contributed by atoms with Gasteiger partial charge in [-0.1, -0.05) is 26.0 Å². The average Bonchev–Trinajstić information content (AvgIpc) is 2.41. The van der Waals surface area contributed by atoms with Crippen LogP contribution in [0.2, 0.25) is 0 Å². The standard InChI is InChI=1S/C8H11N.C7H9NO/c1-7(2)8-5-3-4-6-9-8;1-6(9)7-4-2-3-5-8-7/h3-7H,1-2H3;2-6,9H,1H3. The predicted octanol–water partition coefficient (Wildman–Crippen LogP) is 3.34. The molecule has 2 rings (SSSR count). The molecule has 0 fully saturated rings. The van der Waals surface area contributed by atoms with E-state index in [-0.39, 0.29) is 0 Å².